The van der Waals surface area contributed by atoms with Crippen LogP contribution in [0.4, 0.5) is 0 Å². The molecular formula is C16H16N4O2S. The normalized spacial score (nSPS) is 10.9. The number of fused-ring (bicyclic) bond motifs is 1. The molecule has 6 nitrogen and oxygen atoms in total. The van der Waals surface area contributed by atoms with Crippen LogP contribution in [0.5, 0.6) is 0 Å². The Balaban J connectivity index is 1.72. The fourth-order valence-corrected chi connectivity index (χ4v) is 3.22. The SMILES string of the molecule is Cc1nc(C)c(CNC(=O)Cn2cnc3ccccc3c2=O)s1. The highest BCUT2D eigenvalue weighted by molar-refractivity contribution is 7.11. The standard InChI is InChI=1S/C16H16N4O2S/c1-10-14(23-11(2)19-10)7-17-15(21)8-20-9-18-13-6-4-3-5-12(13)16(20)22/h3-6,9H,7-8H2,1-2H3,(H,17,21). The summed E-state index contributed by atoms with van der Waals surface area (Å²) in [4.78, 5) is 34.0. The lowest BCUT2D eigenvalue weighted by atomic mass is 10.2. The predicted octanol–water partition coefficient (Wildman–Crippen LogP) is 1.79. The number of benzene rings is 1. The van der Waals surface area contributed by atoms with E-state index >= 15 is 0 Å². The Hall–Kier alpha value is -2.54. The number of rotatable bonds is 4. The fraction of sp³-hybridized carbons (Fsp3) is 0.250. The van der Waals surface area contributed by atoms with Crippen LogP contribution in [0.2, 0.25) is 0 Å². The summed E-state index contributed by atoms with van der Waals surface area (Å²) in [7, 11) is 0. The van der Waals surface area contributed by atoms with Crippen molar-refractivity contribution in [2.75, 3.05) is 0 Å². The number of carbonyl (C=O) groups is 1. The molecule has 0 unspecified atom stereocenters. The second-order valence-corrected chi connectivity index (χ2v) is 6.50. The van der Waals surface area contributed by atoms with Gasteiger partial charge in [0.05, 0.1) is 34.5 Å². The molecule has 1 amide bonds. The first kappa shape index (κ1) is 15.4. The van der Waals surface area contributed by atoms with E-state index in [2.05, 4.69) is 15.3 Å². The molecule has 0 bridgehead atoms. The molecule has 0 spiro atoms. The topological polar surface area (TPSA) is 76.9 Å². The first-order chi connectivity index (χ1) is 11.0. The van der Waals surface area contributed by atoms with Crippen LogP contribution in [-0.2, 0) is 17.9 Å². The molecule has 1 N–H and O–H groups in total. The molecule has 3 rings (SSSR count). The van der Waals surface area contributed by atoms with E-state index in [1.54, 1.807) is 29.5 Å². The molecule has 0 aliphatic carbocycles. The van der Waals surface area contributed by atoms with E-state index in [-0.39, 0.29) is 18.0 Å². The van der Waals surface area contributed by atoms with Gasteiger partial charge in [-0.1, -0.05) is 12.1 Å². The van der Waals surface area contributed by atoms with E-state index in [1.165, 1.54) is 10.9 Å². The maximum atomic E-state index is 12.3. The molecule has 0 aliphatic heterocycles. The predicted molar refractivity (Wildman–Crippen MR) is 89.4 cm³/mol. The van der Waals surface area contributed by atoms with Gasteiger partial charge in [-0.25, -0.2) is 9.97 Å². The van der Waals surface area contributed by atoms with Gasteiger partial charge in [-0.05, 0) is 26.0 Å². The molecule has 1 aromatic carbocycles. The van der Waals surface area contributed by atoms with E-state index in [9.17, 15) is 9.59 Å². The monoisotopic (exact) mass is 328 g/mol. The Bertz CT molecular complexity index is 929. The van der Waals surface area contributed by atoms with Gasteiger partial charge in [0.2, 0.25) is 5.91 Å². The van der Waals surface area contributed by atoms with Crippen LogP contribution in [0.1, 0.15) is 15.6 Å². The third kappa shape index (κ3) is 3.29. The van der Waals surface area contributed by atoms with Gasteiger partial charge in [0.25, 0.3) is 5.56 Å². The molecule has 0 atom stereocenters. The van der Waals surface area contributed by atoms with Crippen molar-refractivity contribution in [1.82, 2.24) is 19.9 Å². The minimum absolute atomic E-state index is 0.0481. The number of nitrogens with one attached hydrogen (secondary N) is 1. The summed E-state index contributed by atoms with van der Waals surface area (Å²) in [5, 5.41) is 4.31. The van der Waals surface area contributed by atoms with Crippen LogP contribution in [0, 0.1) is 13.8 Å². The molecule has 0 saturated heterocycles. The summed E-state index contributed by atoms with van der Waals surface area (Å²) in [6.07, 6.45) is 1.41. The van der Waals surface area contributed by atoms with Crippen LogP contribution >= 0.6 is 11.3 Å². The van der Waals surface area contributed by atoms with Crippen LogP contribution in [0.3, 0.4) is 0 Å². The summed E-state index contributed by atoms with van der Waals surface area (Å²) in [5.74, 6) is -0.227. The maximum Gasteiger partial charge on any atom is 0.261 e. The van der Waals surface area contributed by atoms with Crippen LogP contribution in [-0.4, -0.2) is 20.4 Å². The number of amides is 1. The van der Waals surface area contributed by atoms with Gasteiger partial charge < -0.3 is 5.32 Å². The maximum absolute atomic E-state index is 12.3. The van der Waals surface area contributed by atoms with Gasteiger partial charge in [0.1, 0.15) is 6.54 Å². The quantitative estimate of drug-likeness (QED) is 0.792. The zero-order valence-corrected chi connectivity index (χ0v) is 13.7. The van der Waals surface area contributed by atoms with Gasteiger partial charge in [0.15, 0.2) is 0 Å². The van der Waals surface area contributed by atoms with Crippen molar-refractivity contribution in [3.8, 4) is 0 Å². The Kier molecular flexibility index (Phi) is 4.20. The largest absolute Gasteiger partial charge is 0.350 e. The van der Waals surface area contributed by atoms with Gasteiger partial charge in [0, 0.05) is 4.88 Å². The molecule has 0 radical (unpaired) electrons. The Morgan fingerprint density at radius 2 is 2.09 bits per heavy atom. The number of nitrogens with zero attached hydrogens (tertiary/aromatic N) is 3. The Morgan fingerprint density at radius 1 is 1.30 bits per heavy atom. The molecular weight excluding hydrogens is 312 g/mol. The minimum Gasteiger partial charge on any atom is -0.350 e. The lowest BCUT2D eigenvalue weighted by molar-refractivity contribution is -0.121. The van der Waals surface area contributed by atoms with E-state index in [0.29, 0.717) is 17.4 Å². The summed E-state index contributed by atoms with van der Waals surface area (Å²) in [5.41, 5.74) is 1.35. The zero-order valence-electron chi connectivity index (χ0n) is 12.9. The highest BCUT2D eigenvalue weighted by Crippen LogP contribution is 2.16. The average Bonchev–Trinajstić information content (AvgIpc) is 2.86. The van der Waals surface area contributed by atoms with Gasteiger partial charge in [-0.3, -0.25) is 14.2 Å². The molecule has 3 aromatic rings. The third-order valence-corrected chi connectivity index (χ3v) is 4.56. The van der Waals surface area contributed by atoms with E-state index in [0.717, 1.165) is 15.6 Å². The smallest absolute Gasteiger partial charge is 0.261 e. The number of para-hydroxylation sites is 1. The Morgan fingerprint density at radius 3 is 2.83 bits per heavy atom. The second kappa shape index (κ2) is 6.29. The second-order valence-electron chi connectivity index (χ2n) is 5.21. The highest BCUT2D eigenvalue weighted by atomic mass is 32.1. The first-order valence-corrected chi connectivity index (χ1v) is 8.00. The van der Waals surface area contributed by atoms with Gasteiger partial charge in [-0.2, -0.15) is 0 Å². The molecule has 0 aliphatic rings. The summed E-state index contributed by atoms with van der Waals surface area (Å²) >= 11 is 1.56. The first-order valence-electron chi connectivity index (χ1n) is 7.18. The van der Waals surface area contributed by atoms with Crippen molar-refractivity contribution in [3.63, 3.8) is 0 Å². The van der Waals surface area contributed by atoms with Crippen molar-refractivity contribution in [2.45, 2.75) is 26.9 Å². The minimum atomic E-state index is -0.227. The average molecular weight is 328 g/mol. The van der Waals surface area contributed by atoms with E-state index in [1.807, 2.05) is 19.9 Å². The highest BCUT2D eigenvalue weighted by Gasteiger charge is 2.10. The number of aromatic nitrogens is 3. The molecule has 0 fully saturated rings. The molecule has 23 heavy (non-hydrogen) atoms. The fourth-order valence-electron chi connectivity index (χ4n) is 2.35. The Labute approximate surface area is 136 Å². The summed E-state index contributed by atoms with van der Waals surface area (Å²) in [6, 6.07) is 7.09. The number of hydrogen-bond donors (Lipinski definition) is 1. The zero-order chi connectivity index (χ0) is 16.4. The lowest BCUT2D eigenvalue weighted by Crippen LogP contribution is -2.32. The van der Waals surface area contributed by atoms with Crippen molar-refractivity contribution in [1.29, 1.82) is 0 Å². The third-order valence-electron chi connectivity index (χ3n) is 3.49. The van der Waals surface area contributed by atoms with Gasteiger partial charge in [-0.15, -0.1) is 11.3 Å². The van der Waals surface area contributed by atoms with E-state index < -0.39 is 0 Å². The molecule has 0 saturated carbocycles. The van der Waals surface area contributed by atoms with Crippen molar-refractivity contribution >= 4 is 28.1 Å². The molecule has 7 heteroatoms. The number of thiazole rings is 1. The van der Waals surface area contributed by atoms with E-state index in [4.69, 9.17) is 0 Å². The summed E-state index contributed by atoms with van der Waals surface area (Å²) in [6.45, 7) is 4.23. The van der Waals surface area contributed by atoms with Crippen LogP contribution < -0.4 is 10.9 Å². The van der Waals surface area contributed by atoms with Crippen molar-refractivity contribution in [2.24, 2.45) is 0 Å². The lowest BCUT2D eigenvalue weighted by Gasteiger charge is -2.07. The number of hydrogen-bond acceptors (Lipinski definition) is 5. The number of carbonyl (C=O) groups excluding carboxylic acids is 1. The van der Waals surface area contributed by atoms with Crippen molar-refractivity contribution in [3.05, 3.63) is 56.5 Å². The van der Waals surface area contributed by atoms with Crippen LogP contribution in [0.15, 0.2) is 35.4 Å². The van der Waals surface area contributed by atoms with Crippen molar-refractivity contribution < 1.29 is 4.79 Å². The number of aryl methyl sites for hydroxylation is 2. The molecule has 2 aromatic heterocycles. The molecule has 2 heterocycles. The molecule has 118 valence electrons. The summed E-state index contributed by atoms with van der Waals surface area (Å²) < 4.78 is 1.32. The van der Waals surface area contributed by atoms with Gasteiger partial charge >= 0.3 is 0 Å². The van der Waals surface area contributed by atoms with Crippen LogP contribution in [0.25, 0.3) is 10.9 Å².